The summed E-state index contributed by atoms with van der Waals surface area (Å²) in [6.45, 7) is 12.6. The summed E-state index contributed by atoms with van der Waals surface area (Å²) in [4.78, 5) is 78.2. The van der Waals surface area contributed by atoms with Crippen LogP contribution in [0.2, 0.25) is 19.1 Å². The maximum Gasteiger partial charge on any atom is 0.407 e. The molecule has 368 valence electrons. The molecule has 5 atom stereocenters. The summed E-state index contributed by atoms with van der Waals surface area (Å²) in [7, 11) is 0.665. The molecule has 70 heavy (non-hydrogen) atoms. The first-order valence-corrected chi connectivity index (χ1v) is 28.3. The van der Waals surface area contributed by atoms with Gasteiger partial charge in [0.2, 0.25) is 18.0 Å². The van der Waals surface area contributed by atoms with Crippen molar-refractivity contribution in [1.82, 2.24) is 49.9 Å². The van der Waals surface area contributed by atoms with Gasteiger partial charge in [-0.25, -0.2) is 28.9 Å². The second-order valence-electron chi connectivity index (χ2n) is 20.5. The molecular weight excluding hydrogens is 932 g/mol. The SMILES string of the molecule is COC(=O)N[C@H](C(=O)N1CCC[C@H]1c1ncc(-c2ccc3c(c2)cc2n3[C@H](c3cnc(C4CC4)s3)Oc3cc(-c4cnc([C@@H]5C[Si](C)(C)CN5C(=O)[C@@H](NC(=O)OC)C(C)C)[nH]4)cc(F)c3-2)[nH]1)C(C)C. The lowest BCUT2D eigenvalue weighted by molar-refractivity contribution is -0.136. The molecule has 1 saturated carbocycles. The Kier molecular flexibility index (Phi) is 12.3. The Hall–Kier alpha value is -6.54. The number of nitrogens with zero attached hydrogens (tertiary/aromatic N) is 6. The van der Waals surface area contributed by atoms with E-state index in [1.165, 1.54) is 20.3 Å². The predicted molar refractivity (Wildman–Crippen MR) is 264 cm³/mol. The Morgan fingerprint density at radius 1 is 0.814 bits per heavy atom. The van der Waals surface area contributed by atoms with Gasteiger partial charge in [-0.2, -0.15) is 0 Å². The van der Waals surface area contributed by atoms with Gasteiger partial charge in [-0.05, 0) is 73.9 Å². The van der Waals surface area contributed by atoms with E-state index in [4.69, 9.17) is 29.2 Å². The number of ether oxygens (including phenoxy) is 3. The van der Waals surface area contributed by atoms with Crippen LogP contribution in [0.4, 0.5) is 14.0 Å². The fourth-order valence-electron chi connectivity index (χ4n) is 10.3. The minimum absolute atomic E-state index is 0.154. The zero-order valence-electron chi connectivity index (χ0n) is 40.6. The molecule has 3 fully saturated rings. The highest BCUT2D eigenvalue weighted by atomic mass is 32.1. The summed E-state index contributed by atoms with van der Waals surface area (Å²) in [5.41, 5.74) is 4.59. The maximum atomic E-state index is 17.0. The smallest absolute Gasteiger partial charge is 0.407 e. The van der Waals surface area contributed by atoms with Crippen LogP contribution < -0.4 is 15.4 Å². The normalized spacial score (nSPS) is 20.3. The number of imidazole rings is 2. The molecule has 1 aliphatic carbocycles. The highest BCUT2D eigenvalue weighted by Crippen LogP contribution is 2.50. The number of rotatable bonds is 12. The lowest BCUT2D eigenvalue weighted by Gasteiger charge is -2.30. The Morgan fingerprint density at radius 2 is 1.46 bits per heavy atom. The number of fused-ring (bicyclic) bond motifs is 5. The zero-order valence-corrected chi connectivity index (χ0v) is 42.4. The quantitative estimate of drug-likeness (QED) is 0.0857. The van der Waals surface area contributed by atoms with Gasteiger partial charge in [0.15, 0.2) is 0 Å². The summed E-state index contributed by atoms with van der Waals surface area (Å²) in [5.74, 6) is 0.899. The van der Waals surface area contributed by atoms with Crippen LogP contribution in [0.15, 0.2) is 55.0 Å². The molecule has 0 radical (unpaired) electrons. The molecular formula is C50H59FN10O7SSi. The molecule has 4 aliphatic rings. The van der Waals surface area contributed by atoms with Crippen LogP contribution in [0, 0.1) is 17.7 Å². The Morgan fingerprint density at radius 3 is 2.10 bits per heavy atom. The number of hydrogen-bond donors (Lipinski definition) is 4. The van der Waals surface area contributed by atoms with E-state index in [1.807, 2.05) is 67.6 Å². The first-order valence-electron chi connectivity index (χ1n) is 24.0. The number of halogens is 1. The van der Waals surface area contributed by atoms with Crippen LogP contribution >= 0.6 is 11.3 Å². The number of nitrogens with one attached hydrogen (secondary N) is 4. The summed E-state index contributed by atoms with van der Waals surface area (Å²) < 4.78 is 35.6. The van der Waals surface area contributed by atoms with E-state index >= 15 is 4.39 Å². The fraction of sp³-hybridized carbons (Fsp3) is 0.460. The summed E-state index contributed by atoms with van der Waals surface area (Å²) in [6, 6.07) is 10.0. The van der Waals surface area contributed by atoms with Gasteiger partial charge >= 0.3 is 12.2 Å². The van der Waals surface area contributed by atoms with E-state index in [2.05, 4.69) is 39.8 Å². The Bertz CT molecular complexity index is 3010. The van der Waals surface area contributed by atoms with Gasteiger partial charge in [0.05, 0.1) is 84.8 Å². The van der Waals surface area contributed by atoms with Gasteiger partial charge in [-0.1, -0.05) is 46.9 Å². The number of hydrogen-bond acceptors (Lipinski definition) is 11. The van der Waals surface area contributed by atoms with Crippen molar-refractivity contribution in [3.05, 3.63) is 82.3 Å². The topological polar surface area (TPSA) is 202 Å². The first kappa shape index (κ1) is 47.1. The third-order valence-electron chi connectivity index (χ3n) is 14.1. The number of carbonyl (C=O) groups excluding carboxylic acids is 4. The van der Waals surface area contributed by atoms with Crippen molar-refractivity contribution in [2.75, 3.05) is 26.9 Å². The molecule has 4 N–H and O–H groups in total. The average molecular weight is 991 g/mol. The lowest BCUT2D eigenvalue weighted by Crippen LogP contribution is -2.52. The summed E-state index contributed by atoms with van der Waals surface area (Å²) in [5, 5.41) is 7.37. The van der Waals surface area contributed by atoms with Gasteiger partial charge in [-0.15, -0.1) is 11.3 Å². The third kappa shape index (κ3) is 8.72. The Balaban J connectivity index is 0.973. The monoisotopic (exact) mass is 990 g/mol. The molecule has 2 aromatic carbocycles. The molecule has 20 heteroatoms. The second-order valence-corrected chi connectivity index (χ2v) is 26.6. The number of likely N-dealkylation sites (tertiary alicyclic amines) is 1. The third-order valence-corrected chi connectivity index (χ3v) is 18.0. The van der Waals surface area contributed by atoms with E-state index in [-0.39, 0.29) is 35.7 Å². The first-order chi connectivity index (χ1) is 33.5. The van der Waals surface area contributed by atoms with Crippen molar-refractivity contribution >= 4 is 54.3 Å². The molecule has 10 rings (SSSR count). The van der Waals surface area contributed by atoms with Crippen molar-refractivity contribution in [2.45, 2.75) is 109 Å². The number of amides is 4. The maximum absolute atomic E-state index is 17.0. The number of aromatic nitrogens is 6. The van der Waals surface area contributed by atoms with Crippen molar-refractivity contribution in [3.63, 3.8) is 0 Å². The molecule has 6 aromatic rings. The summed E-state index contributed by atoms with van der Waals surface area (Å²) in [6.07, 6.45) is 7.70. The van der Waals surface area contributed by atoms with Crippen molar-refractivity contribution < 1.29 is 37.8 Å². The van der Waals surface area contributed by atoms with E-state index < -0.39 is 44.4 Å². The van der Waals surface area contributed by atoms with Gasteiger partial charge in [0, 0.05) is 41.3 Å². The van der Waals surface area contributed by atoms with E-state index in [0.717, 1.165) is 63.8 Å². The molecule has 17 nitrogen and oxygen atoms in total. The highest BCUT2D eigenvalue weighted by Gasteiger charge is 2.46. The predicted octanol–water partition coefficient (Wildman–Crippen LogP) is 9.06. The molecule has 0 bridgehead atoms. The minimum atomic E-state index is -1.89. The second kappa shape index (κ2) is 18.3. The van der Waals surface area contributed by atoms with Crippen LogP contribution in [0.25, 0.3) is 44.7 Å². The number of thiazole rings is 1. The summed E-state index contributed by atoms with van der Waals surface area (Å²) >= 11 is 1.62. The molecule has 7 heterocycles. The van der Waals surface area contributed by atoms with Gasteiger partial charge in [0.1, 0.15) is 35.3 Å². The standard InChI is InChI=1S/C50H59FN10O7SSi/c1-25(2)41(57-49(64)66-5)46(62)59-15-9-10-35(59)43-52-20-32(55-43)28-13-14-34-30(16-28)18-36-40-31(51)17-29(19-38(40)68-48(61(34)36)39-22-54-45(69-39)27-11-12-27)33-21-53-44(56-33)37-23-70(7,8)24-60(37)47(63)42(26(3)4)58-50(65)67-6/h13-14,16-22,25-27,35,37,41-42,48H,9-12,15,23-24H2,1-8H3,(H,52,55)(H,53,56)(H,57,64)(H,58,65)/t35-,37-,41-,42-,48-/m0/s1. The largest absolute Gasteiger partial charge is 0.464 e. The highest BCUT2D eigenvalue weighted by molar-refractivity contribution is 7.11. The van der Waals surface area contributed by atoms with Crippen molar-refractivity contribution in [3.8, 4) is 39.5 Å². The van der Waals surface area contributed by atoms with Crippen LogP contribution in [-0.2, 0) is 19.1 Å². The molecule has 2 saturated heterocycles. The molecule has 4 aromatic heterocycles. The van der Waals surface area contributed by atoms with Gasteiger partial charge in [0.25, 0.3) is 0 Å². The van der Waals surface area contributed by atoms with Crippen molar-refractivity contribution in [2.24, 2.45) is 11.8 Å². The zero-order chi connectivity index (χ0) is 49.3. The lowest BCUT2D eigenvalue weighted by atomic mass is 10.0. The van der Waals surface area contributed by atoms with E-state index in [9.17, 15) is 19.2 Å². The van der Waals surface area contributed by atoms with E-state index in [1.54, 1.807) is 28.6 Å². The number of carbonyl (C=O) groups is 4. The Labute approximate surface area is 409 Å². The number of aromatic amines is 2. The molecule has 0 spiro atoms. The number of methoxy groups -OCH3 is 2. The van der Waals surface area contributed by atoms with Gasteiger partial charge < -0.3 is 44.6 Å². The van der Waals surface area contributed by atoms with Crippen molar-refractivity contribution in [1.29, 1.82) is 0 Å². The van der Waals surface area contributed by atoms with Gasteiger partial charge in [-0.3, -0.25) is 14.2 Å². The molecule has 0 unspecified atom stereocenters. The van der Waals surface area contributed by atoms with Crippen LogP contribution in [0.3, 0.4) is 0 Å². The minimum Gasteiger partial charge on any atom is -0.464 e. The number of benzene rings is 2. The molecule has 4 amide bonds. The van der Waals surface area contributed by atoms with Crippen LogP contribution in [0.1, 0.15) is 99.1 Å². The van der Waals surface area contributed by atoms with Crippen LogP contribution in [-0.4, -0.2) is 110 Å². The van der Waals surface area contributed by atoms with E-state index in [0.29, 0.717) is 58.5 Å². The average Bonchev–Trinajstić information content (AvgIpc) is 4.01. The number of H-pyrrole nitrogens is 2. The van der Waals surface area contributed by atoms with Crippen LogP contribution in [0.5, 0.6) is 5.75 Å². The number of alkyl carbamates (subject to hydrolysis) is 2. The molecule has 3 aliphatic heterocycles. The fourth-order valence-corrected chi connectivity index (χ4v) is 14.3.